The molecule has 0 aliphatic heterocycles. The average molecular weight is 304 g/mol. The Hall–Kier alpha value is -3.32. The van der Waals surface area contributed by atoms with E-state index in [1.807, 2.05) is 0 Å². The second kappa shape index (κ2) is 7.62. The zero-order valence-electron chi connectivity index (χ0n) is 12.7. The van der Waals surface area contributed by atoms with E-state index < -0.39 is 0 Å². The van der Waals surface area contributed by atoms with Crippen molar-refractivity contribution >= 4 is 23.6 Å². The van der Waals surface area contributed by atoms with Crippen molar-refractivity contribution in [3.05, 3.63) is 71.3 Å². The molecule has 2 aromatic rings. The van der Waals surface area contributed by atoms with Crippen LogP contribution in [0.3, 0.4) is 0 Å². The molecule has 0 saturated heterocycles. The van der Waals surface area contributed by atoms with E-state index in [0.717, 1.165) is 5.56 Å². The van der Waals surface area contributed by atoms with Crippen molar-refractivity contribution in [2.45, 2.75) is 0 Å². The summed E-state index contributed by atoms with van der Waals surface area (Å²) in [4.78, 5) is 23.3. The zero-order chi connectivity index (χ0) is 16.7. The molecule has 0 aliphatic rings. The van der Waals surface area contributed by atoms with Crippen LogP contribution in [0.15, 0.2) is 54.6 Å². The first-order valence-corrected chi connectivity index (χ1v) is 7.00. The van der Waals surface area contributed by atoms with Crippen LogP contribution < -0.4 is 10.6 Å². The maximum atomic E-state index is 11.9. The number of rotatable bonds is 4. The summed E-state index contributed by atoms with van der Waals surface area (Å²) in [5.41, 5.74) is 2.74. The molecule has 0 saturated carbocycles. The third-order valence-corrected chi connectivity index (χ3v) is 3.12. The maximum Gasteiger partial charge on any atom is 0.251 e. The summed E-state index contributed by atoms with van der Waals surface area (Å²) in [6.45, 7) is 0. The van der Waals surface area contributed by atoms with E-state index in [4.69, 9.17) is 6.42 Å². The van der Waals surface area contributed by atoms with Gasteiger partial charge in [-0.1, -0.05) is 24.1 Å². The van der Waals surface area contributed by atoms with Crippen molar-refractivity contribution in [2.75, 3.05) is 12.4 Å². The number of benzene rings is 2. The topological polar surface area (TPSA) is 58.2 Å². The van der Waals surface area contributed by atoms with Crippen LogP contribution >= 0.6 is 0 Å². The SMILES string of the molecule is C#Cc1cccc(NC(=O)/C=C/c2ccc(C(=O)NC)cc2)c1. The molecule has 2 rings (SSSR count). The molecular formula is C19H16N2O2. The fourth-order valence-corrected chi connectivity index (χ4v) is 1.93. The van der Waals surface area contributed by atoms with Crippen LogP contribution in [-0.2, 0) is 4.79 Å². The van der Waals surface area contributed by atoms with Gasteiger partial charge in [0.05, 0.1) is 0 Å². The van der Waals surface area contributed by atoms with Gasteiger partial charge in [-0.3, -0.25) is 9.59 Å². The summed E-state index contributed by atoms with van der Waals surface area (Å²) in [6.07, 6.45) is 8.43. The lowest BCUT2D eigenvalue weighted by Crippen LogP contribution is -2.17. The highest BCUT2D eigenvalue weighted by molar-refractivity contribution is 6.02. The monoisotopic (exact) mass is 304 g/mol. The van der Waals surface area contributed by atoms with Crippen molar-refractivity contribution in [3.8, 4) is 12.3 Å². The van der Waals surface area contributed by atoms with E-state index in [0.29, 0.717) is 16.8 Å². The van der Waals surface area contributed by atoms with Gasteiger partial charge in [-0.05, 0) is 42.0 Å². The quantitative estimate of drug-likeness (QED) is 0.674. The van der Waals surface area contributed by atoms with Gasteiger partial charge in [0.15, 0.2) is 0 Å². The highest BCUT2D eigenvalue weighted by Crippen LogP contribution is 2.10. The van der Waals surface area contributed by atoms with Gasteiger partial charge in [0.1, 0.15) is 0 Å². The molecule has 23 heavy (non-hydrogen) atoms. The Kier molecular flexibility index (Phi) is 5.32. The Bertz CT molecular complexity index is 784. The number of terminal acetylenes is 1. The highest BCUT2D eigenvalue weighted by Gasteiger charge is 2.02. The van der Waals surface area contributed by atoms with Crippen LogP contribution in [0.5, 0.6) is 0 Å². The van der Waals surface area contributed by atoms with Crippen LogP contribution in [0.2, 0.25) is 0 Å². The molecule has 0 fully saturated rings. The number of carbonyl (C=O) groups is 2. The lowest BCUT2D eigenvalue weighted by atomic mass is 10.1. The minimum absolute atomic E-state index is 0.147. The van der Waals surface area contributed by atoms with E-state index in [9.17, 15) is 9.59 Å². The second-order valence-corrected chi connectivity index (χ2v) is 4.75. The number of anilines is 1. The standard InChI is InChI=1S/C19H16N2O2/c1-3-14-5-4-6-17(13-14)21-18(22)12-9-15-7-10-16(11-8-15)19(23)20-2/h1,4-13H,2H3,(H,20,23)(H,21,22)/b12-9+. The van der Waals surface area contributed by atoms with Gasteiger partial charge in [-0.15, -0.1) is 6.42 Å². The summed E-state index contributed by atoms with van der Waals surface area (Å²) in [6, 6.07) is 14.0. The molecule has 0 spiro atoms. The van der Waals surface area contributed by atoms with Gasteiger partial charge in [0.25, 0.3) is 5.91 Å². The molecule has 0 atom stereocenters. The number of amides is 2. The molecule has 2 N–H and O–H groups in total. The van der Waals surface area contributed by atoms with Crippen molar-refractivity contribution in [1.29, 1.82) is 0 Å². The third kappa shape index (κ3) is 4.58. The fourth-order valence-electron chi connectivity index (χ4n) is 1.93. The average Bonchev–Trinajstić information content (AvgIpc) is 2.60. The van der Waals surface area contributed by atoms with Crippen LogP contribution in [0.25, 0.3) is 6.08 Å². The van der Waals surface area contributed by atoms with E-state index in [1.54, 1.807) is 61.7 Å². The molecule has 0 aliphatic carbocycles. The molecule has 2 amide bonds. The number of nitrogens with one attached hydrogen (secondary N) is 2. The summed E-state index contributed by atoms with van der Waals surface area (Å²) in [7, 11) is 1.58. The molecule has 114 valence electrons. The Morgan fingerprint density at radius 3 is 2.52 bits per heavy atom. The lowest BCUT2D eigenvalue weighted by molar-refractivity contribution is -0.111. The third-order valence-electron chi connectivity index (χ3n) is 3.12. The Labute approximate surface area is 135 Å². The van der Waals surface area contributed by atoms with Gasteiger partial charge in [-0.25, -0.2) is 0 Å². The molecule has 0 radical (unpaired) electrons. The van der Waals surface area contributed by atoms with Crippen molar-refractivity contribution in [2.24, 2.45) is 0 Å². The first-order valence-electron chi connectivity index (χ1n) is 7.00. The minimum atomic E-state index is -0.255. The van der Waals surface area contributed by atoms with Crippen LogP contribution in [0.1, 0.15) is 21.5 Å². The normalized spacial score (nSPS) is 10.1. The minimum Gasteiger partial charge on any atom is -0.355 e. The highest BCUT2D eigenvalue weighted by atomic mass is 16.2. The molecule has 0 aromatic heterocycles. The van der Waals surface area contributed by atoms with E-state index >= 15 is 0 Å². The summed E-state index contributed by atoms with van der Waals surface area (Å²) in [5, 5.41) is 5.29. The summed E-state index contributed by atoms with van der Waals surface area (Å²) < 4.78 is 0. The van der Waals surface area contributed by atoms with Gasteiger partial charge in [0, 0.05) is 29.9 Å². The Balaban J connectivity index is 2.00. The van der Waals surface area contributed by atoms with Gasteiger partial charge in [-0.2, -0.15) is 0 Å². The van der Waals surface area contributed by atoms with Crippen LogP contribution in [0, 0.1) is 12.3 Å². The second-order valence-electron chi connectivity index (χ2n) is 4.75. The lowest BCUT2D eigenvalue weighted by Gasteiger charge is -2.02. The molecule has 0 bridgehead atoms. The largest absolute Gasteiger partial charge is 0.355 e. The zero-order valence-corrected chi connectivity index (χ0v) is 12.7. The molecule has 0 unspecified atom stereocenters. The molecule has 4 heteroatoms. The molecule has 0 heterocycles. The summed E-state index contributed by atoms with van der Waals surface area (Å²) in [5.74, 6) is 2.11. The van der Waals surface area contributed by atoms with Gasteiger partial charge < -0.3 is 10.6 Å². The van der Waals surface area contributed by atoms with Gasteiger partial charge in [0.2, 0.25) is 5.91 Å². The first-order chi connectivity index (χ1) is 11.1. The predicted octanol–water partition coefficient (Wildman–Crippen LogP) is 2.68. The van der Waals surface area contributed by atoms with Crippen LogP contribution in [0.4, 0.5) is 5.69 Å². The maximum absolute atomic E-state index is 11.9. The van der Waals surface area contributed by atoms with Crippen molar-refractivity contribution in [3.63, 3.8) is 0 Å². The summed E-state index contributed by atoms with van der Waals surface area (Å²) >= 11 is 0. The first kappa shape index (κ1) is 16.1. The number of carbonyl (C=O) groups excluding carboxylic acids is 2. The van der Waals surface area contributed by atoms with Crippen molar-refractivity contribution < 1.29 is 9.59 Å². The van der Waals surface area contributed by atoms with Crippen LogP contribution in [-0.4, -0.2) is 18.9 Å². The number of hydrogen-bond acceptors (Lipinski definition) is 2. The Morgan fingerprint density at radius 2 is 1.87 bits per heavy atom. The Morgan fingerprint density at radius 1 is 1.13 bits per heavy atom. The smallest absolute Gasteiger partial charge is 0.251 e. The van der Waals surface area contributed by atoms with Crippen molar-refractivity contribution in [1.82, 2.24) is 5.32 Å². The van der Waals surface area contributed by atoms with E-state index in [1.165, 1.54) is 6.08 Å². The fraction of sp³-hybridized carbons (Fsp3) is 0.0526. The van der Waals surface area contributed by atoms with Gasteiger partial charge >= 0.3 is 0 Å². The molecular weight excluding hydrogens is 288 g/mol. The molecule has 4 nitrogen and oxygen atoms in total. The molecule has 2 aromatic carbocycles. The van der Waals surface area contributed by atoms with E-state index in [2.05, 4.69) is 16.6 Å². The van der Waals surface area contributed by atoms with E-state index in [-0.39, 0.29) is 11.8 Å². The predicted molar refractivity (Wildman–Crippen MR) is 91.9 cm³/mol. The number of hydrogen-bond donors (Lipinski definition) is 2.